The molecule has 0 saturated carbocycles. The zero-order valence-electron chi connectivity index (χ0n) is 18.3. The molecule has 0 aliphatic rings. The third-order valence-electron chi connectivity index (χ3n) is 5.01. The van der Waals surface area contributed by atoms with Crippen molar-refractivity contribution in [1.82, 2.24) is 9.97 Å². The van der Waals surface area contributed by atoms with Gasteiger partial charge in [0.2, 0.25) is 0 Å². The molecule has 4 aromatic rings. The van der Waals surface area contributed by atoms with Crippen LogP contribution < -0.4 is 5.73 Å². The Labute approximate surface area is 196 Å². The van der Waals surface area contributed by atoms with Gasteiger partial charge in [-0.1, -0.05) is 36.4 Å². The fraction of sp³-hybridized carbons (Fsp3) is 0.0769. The second-order valence-electron chi connectivity index (χ2n) is 7.37. The minimum Gasteiger partial charge on any atom is -0.478 e. The molecule has 1 aromatic heterocycles. The summed E-state index contributed by atoms with van der Waals surface area (Å²) in [5, 5.41) is 27.4. The van der Waals surface area contributed by atoms with Crippen LogP contribution in [0.5, 0.6) is 0 Å². The number of imidazole rings is 1. The van der Waals surface area contributed by atoms with Gasteiger partial charge in [0.15, 0.2) is 0 Å². The molecule has 0 aliphatic carbocycles. The van der Waals surface area contributed by atoms with Crippen LogP contribution >= 0.6 is 0 Å². The van der Waals surface area contributed by atoms with E-state index in [0.717, 1.165) is 17.0 Å². The Kier molecular flexibility index (Phi) is 7.54. The molecule has 0 unspecified atom stereocenters. The standard InChI is InChI=1S/C16H11NO4.C10H11N3/c1-9-6-12(15(18)19)14(13(7-9)16(20)21)11-4-2-10(8-17)3-5-11;11-7-8-1-3-9(4-2-8)10-12-5-6-13-10/h2-7H,1H3,(H,18,19)(H,20,21);1-6H,7,11H2,(H,12,13). The predicted octanol–water partition coefficient (Wildman–Crippen LogP) is 4.47. The number of carbonyl (C=O) groups is 2. The van der Waals surface area contributed by atoms with Gasteiger partial charge in [-0.3, -0.25) is 0 Å². The summed E-state index contributed by atoms with van der Waals surface area (Å²) < 4.78 is 0. The van der Waals surface area contributed by atoms with Crippen LogP contribution in [0.4, 0.5) is 0 Å². The summed E-state index contributed by atoms with van der Waals surface area (Å²) in [4.78, 5) is 30.0. The number of hydrogen-bond donors (Lipinski definition) is 4. The lowest BCUT2D eigenvalue weighted by atomic mass is 9.92. The summed E-state index contributed by atoms with van der Waals surface area (Å²) in [6.45, 7) is 2.22. The van der Waals surface area contributed by atoms with Crippen molar-refractivity contribution >= 4 is 11.9 Å². The smallest absolute Gasteiger partial charge is 0.336 e. The Bertz CT molecular complexity index is 1300. The zero-order chi connectivity index (χ0) is 24.7. The molecule has 0 atom stereocenters. The highest BCUT2D eigenvalue weighted by Gasteiger charge is 2.20. The lowest BCUT2D eigenvalue weighted by Crippen LogP contribution is -2.08. The molecule has 8 nitrogen and oxygen atoms in total. The maximum absolute atomic E-state index is 11.4. The van der Waals surface area contributed by atoms with Crippen molar-refractivity contribution in [2.24, 2.45) is 5.73 Å². The number of nitrogens with one attached hydrogen (secondary N) is 1. The van der Waals surface area contributed by atoms with Gasteiger partial charge in [0.1, 0.15) is 5.82 Å². The van der Waals surface area contributed by atoms with Crippen LogP contribution in [-0.2, 0) is 6.54 Å². The Hall–Kier alpha value is -4.74. The molecule has 8 heteroatoms. The van der Waals surface area contributed by atoms with E-state index in [4.69, 9.17) is 11.0 Å². The summed E-state index contributed by atoms with van der Waals surface area (Å²) in [7, 11) is 0. The molecule has 170 valence electrons. The van der Waals surface area contributed by atoms with Crippen molar-refractivity contribution in [1.29, 1.82) is 5.26 Å². The van der Waals surface area contributed by atoms with E-state index in [1.54, 1.807) is 25.3 Å². The fourth-order valence-electron chi connectivity index (χ4n) is 3.37. The van der Waals surface area contributed by atoms with Crippen LogP contribution in [0.2, 0.25) is 0 Å². The third kappa shape index (κ3) is 5.54. The van der Waals surface area contributed by atoms with E-state index in [9.17, 15) is 19.8 Å². The lowest BCUT2D eigenvalue weighted by Gasteiger charge is -2.12. The van der Waals surface area contributed by atoms with Gasteiger partial charge in [-0.25, -0.2) is 14.6 Å². The van der Waals surface area contributed by atoms with E-state index < -0.39 is 11.9 Å². The topological polar surface area (TPSA) is 153 Å². The molecule has 0 bridgehead atoms. The lowest BCUT2D eigenvalue weighted by molar-refractivity contribution is 0.0696. The van der Waals surface area contributed by atoms with Gasteiger partial charge in [-0.15, -0.1) is 0 Å². The highest BCUT2D eigenvalue weighted by Crippen LogP contribution is 2.30. The van der Waals surface area contributed by atoms with Crippen LogP contribution in [-0.4, -0.2) is 32.1 Å². The molecule has 5 N–H and O–H groups in total. The van der Waals surface area contributed by atoms with Gasteiger partial charge in [-0.2, -0.15) is 5.26 Å². The number of carboxylic acid groups (broad SMARTS) is 2. The number of benzene rings is 3. The van der Waals surface area contributed by atoms with E-state index in [1.807, 2.05) is 36.5 Å². The maximum Gasteiger partial charge on any atom is 0.336 e. The number of rotatable bonds is 5. The number of nitrogens with two attached hydrogens (primary N) is 1. The Morgan fingerprint density at radius 3 is 1.97 bits per heavy atom. The largest absolute Gasteiger partial charge is 0.478 e. The van der Waals surface area contributed by atoms with E-state index in [2.05, 4.69) is 9.97 Å². The number of aryl methyl sites for hydroxylation is 1. The van der Waals surface area contributed by atoms with Crippen LogP contribution in [0.1, 0.15) is 37.4 Å². The number of hydrogen-bond acceptors (Lipinski definition) is 5. The van der Waals surface area contributed by atoms with Crippen molar-refractivity contribution < 1.29 is 19.8 Å². The minimum atomic E-state index is -1.19. The zero-order valence-corrected chi connectivity index (χ0v) is 18.3. The number of H-pyrrole nitrogens is 1. The maximum atomic E-state index is 11.4. The van der Waals surface area contributed by atoms with Gasteiger partial charge in [0, 0.05) is 30.1 Å². The first-order chi connectivity index (χ1) is 16.3. The first kappa shape index (κ1) is 23.9. The van der Waals surface area contributed by atoms with Crippen LogP contribution in [0.3, 0.4) is 0 Å². The van der Waals surface area contributed by atoms with Crippen molar-refractivity contribution in [3.05, 3.63) is 101 Å². The quantitative estimate of drug-likeness (QED) is 0.347. The van der Waals surface area contributed by atoms with Crippen molar-refractivity contribution in [3.8, 4) is 28.6 Å². The molecule has 0 saturated heterocycles. The highest BCUT2D eigenvalue weighted by molar-refractivity contribution is 6.05. The van der Waals surface area contributed by atoms with E-state index in [1.165, 1.54) is 24.3 Å². The molecule has 34 heavy (non-hydrogen) atoms. The Morgan fingerprint density at radius 1 is 0.971 bits per heavy atom. The first-order valence-electron chi connectivity index (χ1n) is 10.2. The number of aromatic amines is 1. The second kappa shape index (κ2) is 10.7. The van der Waals surface area contributed by atoms with Crippen LogP contribution in [0.25, 0.3) is 22.5 Å². The Morgan fingerprint density at radius 2 is 1.53 bits per heavy atom. The average molecular weight is 454 g/mol. The summed E-state index contributed by atoms with van der Waals surface area (Å²) in [6.07, 6.45) is 3.55. The fourth-order valence-corrected chi connectivity index (χ4v) is 3.37. The van der Waals surface area contributed by atoms with Crippen LogP contribution in [0.15, 0.2) is 73.1 Å². The van der Waals surface area contributed by atoms with Crippen LogP contribution in [0, 0.1) is 18.3 Å². The van der Waals surface area contributed by atoms with Gasteiger partial charge >= 0.3 is 11.9 Å². The van der Waals surface area contributed by atoms with Gasteiger partial charge in [0.05, 0.1) is 22.8 Å². The van der Waals surface area contributed by atoms with Gasteiger partial charge in [-0.05, 0) is 47.9 Å². The number of carboxylic acids is 2. The molecule has 1 heterocycles. The molecular weight excluding hydrogens is 432 g/mol. The molecule has 4 rings (SSSR count). The molecular formula is C26H22N4O4. The number of aromatic nitrogens is 2. The van der Waals surface area contributed by atoms with Gasteiger partial charge in [0.25, 0.3) is 0 Å². The SMILES string of the molecule is Cc1cc(C(=O)O)c(-c2ccc(C#N)cc2)c(C(=O)O)c1.NCc1ccc(-c2ncc[nH]2)cc1. The van der Waals surface area contributed by atoms with Crippen molar-refractivity contribution in [2.45, 2.75) is 13.5 Å². The average Bonchev–Trinajstić information content (AvgIpc) is 3.39. The molecule has 3 aromatic carbocycles. The third-order valence-corrected chi connectivity index (χ3v) is 5.01. The summed E-state index contributed by atoms with van der Waals surface area (Å²) >= 11 is 0. The minimum absolute atomic E-state index is 0.0721. The summed E-state index contributed by atoms with van der Waals surface area (Å²) in [5.74, 6) is -1.50. The van der Waals surface area contributed by atoms with E-state index >= 15 is 0 Å². The van der Waals surface area contributed by atoms with E-state index in [-0.39, 0.29) is 16.7 Å². The highest BCUT2D eigenvalue weighted by atomic mass is 16.4. The van der Waals surface area contributed by atoms with Crippen molar-refractivity contribution in [3.63, 3.8) is 0 Å². The van der Waals surface area contributed by atoms with Crippen molar-refractivity contribution in [2.75, 3.05) is 0 Å². The molecule has 0 aliphatic heterocycles. The molecule has 0 radical (unpaired) electrons. The Balaban J connectivity index is 0.000000212. The summed E-state index contributed by atoms with van der Waals surface area (Å²) in [6, 6.07) is 19.0. The normalized spacial score (nSPS) is 10.0. The molecule has 0 amide bonds. The molecule has 0 fully saturated rings. The first-order valence-corrected chi connectivity index (χ1v) is 10.2. The molecule has 0 spiro atoms. The summed E-state index contributed by atoms with van der Waals surface area (Å²) in [5.41, 5.74) is 9.14. The second-order valence-corrected chi connectivity index (χ2v) is 7.37. The monoisotopic (exact) mass is 454 g/mol. The number of nitrogens with zero attached hydrogens (tertiary/aromatic N) is 2. The van der Waals surface area contributed by atoms with E-state index in [0.29, 0.717) is 23.2 Å². The number of aromatic carboxylic acids is 2. The van der Waals surface area contributed by atoms with Gasteiger partial charge < -0.3 is 20.9 Å². The predicted molar refractivity (Wildman–Crippen MR) is 127 cm³/mol. The number of nitriles is 1.